The lowest BCUT2D eigenvalue weighted by Crippen LogP contribution is -2.35. The van der Waals surface area contributed by atoms with Gasteiger partial charge in [0.05, 0.1) is 12.7 Å². The molecule has 2 amide bonds. The second-order valence-corrected chi connectivity index (χ2v) is 5.97. The van der Waals surface area contributed by atoms with Gasteiger partial charge < -0.3 is 14.6 Å². The fraction of sp³-hybridized carbons (Fsp3) is 0.353. The number of amides is 2. The number of likely N-dealkylation sites (N-methyl/N-ethyl adjacent to an activating group) is 1. The van der Waals surface area contributed by atoms with Crippen molar-refractivity contribution in [3.63, 3.8) is 0 Å². The first-order chi connectivity index (χ1) is 11.7. The molecule has 1 fully saturated rings. The number of hydrogen-bond acceptors (Lipinski definition) is 5. The molecule has 4 rings (SSSR count). The van der Waals surface area contributed by atoms with Crippen molar-refractivity contribution in [1.29, 1.82) is 0 Å². The fourth-order valence-corrected chi connectivity index (χ4v) is 3.28. The van der Waals surface area contributed by atoms with Crippen LogP contribution in [0, 0.1) is 0 Å². The monoisotopic (exact) mass is 327 g/mol. The molecule has 0 bridgehead atoms. The van der Waals surface area contributed by atoms with E-state index in [-0.39, 0.29) is 12.5 Å². The third-order valence-corrected chi connectivity index (χ3v) is 4.53. The van der Waals surface area contributed by atoms with Gasteiger partial charge in [-0.05, 0) is 43.0 Å². The molecule has 0 spiro atoms. The standard InChI is InChI=1S/C17H17N3O4/c1-18-16(21)14-9-20(17(22)23-14)12-5-6-13-10(7-12)3-2-4-11-8-19-24-15(11)13/h5-8,14H,2-4,9H2,1H3,(H,18,21)/t14-/m1/s1. The smallest absolute Gasteiger partial charge is 0.415 e. The molecule has 2 aromatic rings. The van der Waals surface area contributed by atoms with Crippen LogP contribution in [0.4, 0.5) is 10.5 Å². The minimum Gasteiger partial charge on any atom is -0.434 e. The Morgan fingerprint density at radius 3 is 3.00 bits per heavy atom. The summed E-state index contributed by atoms with van der Waals surface area (Å²) in [6, 6.07) is 5.77. The largest absolute Gasteiger partial charge is 0.434 e. The molecule has 1 aliphatic heterocycles. The van der Waals surface area contributed by atoms with Crippen molar-refractivity contribution in [3.05, 3.63) is 35.5 Å². The highest BCUT2D eigenvalue weighted by atomic mass is 16.6. The number of fused-ring (bicyclic) bond motifs is 3. The van der Waals surface area contributed by atoms with E-state index in [0.29, 0.717) is 0 Å². The van der Waals surface area contributed by atoms with Gasteiger partial charge in [-0.2, -0.15) is 0 Å². The highest BCUT2D eigenvalue weighted by Crippen LogP contribution is 2.35. The minimum absolute atomic E-state index is 0.213. The van der Waals surface area contributed by atoms with Crippen LogP contribution in [0.5, 0.6) is 0 Å². The van der Waals surface area contributed by atoms with Crippen LogP contribution >= 0.6 is 0 Å². The van der Waals surface area contributed by atoms with Gasteiger partial charge in [-0.3, -0.25) is 9.69 Å². The molecule has 1 aromatic carbocycles. The van der Waals surface area contributed by atoms with Gasteiger partial charge in [0.1, 0.15) is 0 Å². The first-order valence-electron chi connectivity index (χ1n) is 7.94. The van der Waals surface area contributed by atoms with E-state index >= 15 is 0 Å². The average molecular weight is 327 g/mol. The number of cyclic esters (lactones) is 1. The lowest BCUT2D eigenvalue weighted by atomic mass is 10.0. The van der Waals surface area contributed by atoms with Crippen LogP contribution in [0.15, 0.2) is 28.9 Å². The summed E-state index contributed by atoms with van der Waals surface area (Å²) in [5.41, 5.74) is 3.97. The molecule has 1 aliphatic carbocycles. The van der Waals surface area contributed by atoms with E-state index in [0.717, 1.165) is 47.4 Å². The second-order valence-electron chi connectivity index (χ2n) is 5.97. The molecule has 1 atom stereocenters. The van der Waals surface area contributed by atoms with Crippen molar-refractivity contribution in [3.8, 4) is 11.3 Å². The molecule has 2 aliphatic rings. The van der Waals surface area contributed by atoms with Crippen LogP contribution in [-0.4, -0.2) is 36.9 Å². The number of carbonyl (C=O) groups excluding carboxylic acids is 2. The van der Waals surface area contributed by atoms with E-state index in [1.165, 1.54) is 11.9 Å². The second kappa shape index (κ2) is 5.67. The van der Waals surface area contributed by atoms with Crippen molar-refractivity contribution >= 4 is 17.7 Å². The number of hydrogen-bond donors (Lipinski definition) is 1. The zero-order chi connectivity index (χ0) is 16.7. The maximum Gasteiger partial charge on any atom is 0.415 e. The molecule has 0 radical (unpaired) electrons. The molecule has 0 unspecified atom stereocenters. The number of aryl methyl sites for hydroxylation is 2. The summed E-state index contributed by atoms with van der Waals surface area (Å²) >= 11 is 0. The molecule has 7 heteroatoms. The highest BCUT2D eigenvalue weighted by molar-refractivity contribution is 5.95. The van der Waals surface area contributed by atoms with Gasteiger partial charge in [-0.25, -0.2) is 4.79 Å². The van der Waals surface area contributed by atoms with Crippen molar-refractivity contribution in [2.75, 3.05) is 18.5 Å². The molecular formula is C17H17N3O4. The van der Waals surface area contributed by atoms with Crippen LogP contribution in [0.25, 0.3) is 11.3 Å². The Morgan fingerprint density at radius 2 is 2.17 bits per heavy atom. The van der Waals surface area contributed by atoms with E-state index in [4.69, 9.17) is 9.26 Å². The van der Waals surface area contributed by atoms with E-state index < -0.39 is 12.2 Å². The van der Waals surface area contributed by atoms with Crippen LogP contribution < -0.4 is 10.2 Å². The molecule has 1 saturated heterocycles. The van der Waals surface area contributed by atoms with Gasteiger partial charge in [-0.1, -0.05) is 5.16 Å². The van der Waals surface area contributed by atoms with Crippen molar-refractivity contribution < 1.29 is 18.8 Å². The molecular weight excluding hydrogens is 310 g/mol. The third-order valence-electron chi connectivity index (χ3n) is 4.53. The molecule has 24 heavy (non-hydrogen) atoms. The van der Waals surface area contributed by atoms with Crippen molar-refractivity contribution in [2.24, 2.45) is 0 Å². The summed E-state index contributed by atoms with van der Waals surface area (Å²) < 4.78 is 10.5. The van der Waals surface area contributed by atoms with E-state index in [9.17, 15) is 9.59 Å². The Labute approximate surface area is 138 Å². The summed E-state index contributed by atoms with van der Waals surface area (Å²) in [7, 11) is 1.52. The SMILES string of the molecule is CNC(=O)[C@H]1CN(c2ccc3c(c2)CCCc2cnoc2-3)C(=O)O1. The third kappa shape index (κ3) is 2.33. The Bertz CT molecular complexity index is 814. The summed E-state index contributed by atoms with van der Waals surface area (Å²) in [5, 5.41) is 6.39. The molecule has 0 saturated carbocycles. The Hall–Kier alpha value is -2.83. The summed E-state index contributed by atoms with van der Waals surface area (Å²) in [6.45, 7) is 0.213. The zero-order valence-electron chi connectivity index (χ0n) is 13.2. The van der Waals surface area contributed by atoms with Gasteiger partial charge in [0.2, 0.25) is 0 Å². The maximum atomic E-state index is 12.1. The normalized spacial score (nSPS) is 19.3. The number of nitrogens with one attached hydrogen (secondary N) is 1. The number of rotatable bonds is 2. The van der Waals surface area contributed by atoms with Gasteiger partial charge in [0.25, 0.3) is 5.91 Å². The van der Waals surface area contributed by atoms with E-state index in [2.05, 4.69) is 10.5 Å². The molecule has 2 heterocycles. The van der Waals surface area contributed by atoms with Crippen molar-refractivity contribution in [2.45, 2.75) is 25.4 Å². The summed E-state index contributed by atoms with van der Waals surface area (Å²) in [6.07, 6.45) is 3.31. The van der Waals surface area contributed by atoms with Crippen LogP contribution in [-0.2, 0) is 22.4 Å². The molecule has 7 nitrogen and oxygen atoms in total. The maximum absolute atomic E-state index is 12.1. The van der Waals surface area contributed by atoms with Crippen molar-refractivity contribution in [1.82, 2.24) is 10.5 Å². The summed E-state index contributed by atoms with van der Waals surface area (Å²) in [4.78, 5) is 25.3. The molecule has 1 N–H and O–H groups in total. The van der Waals surface area contributed by atoms with Gasteiger partial charge >= 0.3 is 6.09 Å². The van der Waals surface area contributed by atoms with Gasteiger partial charge in [0, 0.05) is 23.9 Å². The number of ether oxygens (including phenoxy) is 1. The molecule has 1 aromatic heterocycles. The predicted molar refractivity (Wildman–Crippen MR) is 85.6 cm³/mol. The number of nitrogens with zero attached hydrogens (tertiary/aromatic N) is 2. The van der Waals surface area contributed by atoms with Gasteiger partial charge in [0.15, 0.2) is 11.9 Å². The Balaban J connectivity index is 1.66. The lowest BCUT2D eigenvalue weighted by Gasteiger charge is -2.15. The zero-order valence-corrected chi connectivity index (χ0v) is 13.2. The first kappa shape index (κ1) is 14.7. The van der Waals surface area contributed by atoms with E-state index in [1.807, 2.05) is 18.2 Å². The lowest BCUT2D eigenvalue weighted by molar-refractivity contribution is -0.127. The van der Waals surface area contributed by atoms with Crippen LogP contribution in [0.1, 0.15) is 17.5 Å². The first-order valence-corrected chi connectivity index (χ1v) is 7.94. The average Bonchev–Trinajstić information content (AvgIpc) is 3.17. The Morgan fingerprint density at radius 1 is 1.33 bits per heavy atom. The minimum atomic E-state index is -0.776. The number of anilines is 1. The van der Waals surface area contributed by atoms with Crippen LogP contribution in [0.3, 0.4) is 0 Å². The van der Waals surface area contributed by atoms with Crippen LogP contribution in [0.2, 0.25) is 0 Å². The fourth-order valence-electron chi connectivity index (χ4n) is 3.28. The quantitative estimate of drug-likeness (QED) is 0.910. The summed E-state index contributed by atoms with van der Waals surface area (Å²) in [5.74, 6) is 0.508. The Kier molecular flexibility index (Phi) is 3.48. The van der Waals surface area contributed by atoms with E-state index in [1.54, 1.807) is 6.20 Å². The number of benzene rings is 1. The highest BCUT2D eigenvalue weighted by Gasteiger charge is 2.36. The number of aromatic nitrogens is 1. The topological polar surface area (TPSA) is 84.7 Å². The molecule has 124 valence electrons. The number of carbonyl (C=O) groups is 2. The predicted octanol–water partition coefficient (Wildman–Crippen LogP) is 1.90. The van der Waals surface area contributed by atoms with Gasteiger partial charge in [-0.15, -0.1) is 0 Å².